The zero-order valence-electron chi connectivity index (χ0n) is 8.50. The summed E-state index contributed by atoms with van der Waals surface area (Å²) in [5.41, 5.74) is 0. The summed E-state index contributed by atoms with van der Waals surface area (Å²) in [6.07, 6.45) is 0. The van der Waals surface area contributed by atoms with Crippen molar-refractivity contribution >= 4 is 18.2 Å². The first-order valence-corrected chi connectivity index (χ1v) is 8.57. The van der Waals surface area contributed by atoms with Gasteiger partial charge in [-0.25, -0.2) is 0 Å². The highest BCUT2D eigenvalue weighted by Crippen LogP contribution is 2.30. The Labute approximate surface area is 81.6 Å². The molecule has 0 aliphatic rings. The monoisotopic (exact) mass is 222 g/mol. The van der Waals surface area contributed by atoms with Gasteiger partial charge in [-0.15, -0.1) is 0 Å². The van der Waals surface area contributed by atoms with Crippen molar-refractivity contribution in [3.05, 3.63) is 11.1 Å². The summed E-state index contributed by atoms with van der Waals surface area (Å²) in [6.45, 7) is 9.44. The van der Waals surface area contributed by atoms with Crippen LogP contribution in [-0.4, -0.2) is 21.0 Å². The first kappa shape index (κ1) is 12.9. The fraction of sp³-hybridized carbons (Fsp3) is 0.750. The van der Waals surface area contributed by atoms with Crippen LogP contribution in [0.5, 0.6) is 0 Å². The average molecular weight is 222 g/mol. The molecule has 0 aromatic heterocycles. The van der Waals surface area contributed by atoms with Crippen molar-refractivity contribution in [2.75, 3.05) is 0 Å². The van der Waals surface area contributed by atoms with E-state index in [2.05, 4.69) is 6.58 Å². The van der Waals surface area contributed by atoms with Gasteiger partial charge >= 0.3 is 0 Å². The van der Waals surface area contributed by atoms with E-state index < -0.39 is 18.2 Å². The van der Waals surface area contributed by atoms with E-state index in [4.69, 9.17) is 4.55 Å². The van der Waals surface area contributed by atoms with Crippen molar-refractivity contribution in [2.24, 2.45) is 0 Å². The predicted molar refractivity (Wildman–Crippen MR) is 57.9 cm³/mol. The standard InChI is InChI=1S/C8H18O3SSi/c1-5-13(6-2,7-3)8(4)12(9,10)11/h4-7H2,1-3H3,(H,9,10,11). The quantitative estimate of drug-likeness (QED) is 0.574. The van der Waals surface area contributed by atoms with Crippen LogP contribution in [0.25, 0.3) is 0 Å². The molecule has 5 heteroatoms. The normalized spacial score (nSPS) is 12.9. The SMILES string of the molecule is C=C([Si](CC)(CC)CC)S(=O)(=O)O. The molecular weight excluding hydrogens is 204 g/mol. The topological polar surface area (TPSA) is 54.4 Å². The molecule has 0 spiro atoms. The van der Waals surface area contributed by atoms with Gasteiger partial charge < -0.3 is 0 Å². The molecule has 13 heavy (non-hydrogen) atoms. The van der Waals surface area contributed by atoms with Crippen molar-refractivity contribution < 1.29 is 13.0 Å². The largest absolute Gasteiger partial charge is 0.286 e. The maximum atomic E-state index is 10.9. The Hall–Kier alpha value is -0.133. The summed E-state index contributed by atoms with van der Waals surface area (Å²) in [6, 6.07) is 2.45. The Morgan fingerprint density at radius 2 is 1.54 bits per heavy atom. The molecule has 0 heterocycles. The van der Waals surface area contributed by atoms with Gasteiger partial charge in [0.05, 0.1) is 0 Å². The van der Waals surface area contributed by atoms with Gasteiger partial charge in [-0.3, -0.25) is 4.55 Å². The highest BCUT2D eigenvalue weighted by Gasteiger charge is 2.36. The second kappa shape index (κ2) is 4.39. The summed E-state index contributed by atoms with van der Waals surface area (Å²) in [5, 5.41) is 0. The van der Waals surface area contributed by atoms with Gasteiger partial charge in [0.25, 0.3) is 10.1 Å². The fourth-order valence-corrected chi connectivity index (χ4v) is 7.79. The van der Waals surface area contributed by atoms with E-state index in [1.807, 2.05) is 20.8 Å². The molecule has 0 radical (unpaired) electrons. The van der Waals surface area contributed by atoms with Crippen LogP contribution in [-0.2, 0) is 10.1 Å². The summed E-state index contributed by atoms with van der Waals surface area (Å²) in [5.74, 6) is 0. The smallest absolute Gasteiger partial charge is 0.282 e. The molecule has 3 nitrogen and oxygen atoms in total. The van der Waals surface area contributed by atoms with Gasteiger partial charge in [0.2, 0.25) is 0 Å². The molecule has 0 saturated heterocycles. The third-order valence-electron chi connectivity index (χ3n) is 2.93. The van der Waals surface area contributed by atoms with E-state index >= 15 is 0 Å². The van der Waals surface area contributed by atoms with Crippen molar-refractivity contribution in [1.29, 1.82) is 0 Å². The Kier molecular flexibility index (Phi) is 4.34. The van der Waals surface area contributed by atoms with Crippen LogP contribution in [0.4, 0.5) is 0 Å². The van der Waals surface area contributed by atoms with Crippen molar-refractivity contribution in [3.63, 3.8) is 0 Å². The average Bonchev–Trinajstić information content (AvgIpc) is 2.07. The molecule has 0 rings (SSSR count). The van der Waals surface area contributed by atoms with E-state index in [9.17, 15) is 8.42 Å². The Morgan fingerprint density at radius 1 is 1.23 bits per heavy atom. The van der Waals surface area contributed by atoms with Gasteiger partial charge in [-0.1, -0.05) is 45.5 Å². The zero-order valence-corrected chi connectivity index (χ0v) is 10.3. The third-order valence-corrected chi connectivity index (χ3v) is 10.9. The minimum atomic E-state index is -4.03. The van der Waals surface area contributed by atoms with Crippen LogP contribution in [0.3, 0.4) is 0 Å². The second-order valence-corrected chi connectivity index (χ2v) is 10.3. The lowest BCUT2D eigenvalue weighted by Gasteiger charge is -2.27. The van der Waals surface area contributed by atoms with Crippen LogP contribution >= 0.6 is 0 Å². The van der Waals surface area contributed by atoms with Crippen molar-refractivity contribution in [2.45, 2.75) is 38.9 Å². The van der Waals surface area contributed by atoms with E-state index in [1.165, 1.54) is 0 Å². The molecule has 0 fully saturated rings. The van der Waals surface area contributed by atoms with Crippen LogP contribution < -0.4 is 0 Å². The maximum absolute atomic E-state index is 10.9. The van der Waals surface area contributed by atoms with Crippen LogP contribution in [0, 0.1) is 0 Å². The number of hydrogen-bond acceptors (Lipinski definition) is 2. The van der Waals surface area contributed by atoms with E-state index in [0.29, 0.717) is 0 Å². The Balaban J connectivity index is 5.09. The van der Waals surface area contributed by atoms with Crippen molar-refractivity contribution in [1.82, 2.24) is 0 Å². The van der Waals surface area contributed by atoms with Gasteiger partial charge in [-0.2, -0.15) is 8.42 Å². The third kappa shape index (κ3) is 2.65. The zero-order chi connectivity index (χ0) is 10.7. The second-order valence-electron chi connectivity index (χ2n) is 3.24. The molecular formula is C8H18O3SSi. The number of rotatable bonds is 5. The fourth-order valence-electron chi connectivity index (χ4n) is 1.62. The molecule has 0 aliphatic heterocycles. The highest BCUT2D eigenvalue weighted by atomic mass is 32.2. The van der Waals surface area contributed by atoms with Gasteiger partial charge in [0.15, 0.2) is 0 Å². The summed E-state index contributed by atoms with van der Waals surface area (Å²) >= 11 is 0. The van der Waals surface area contributed by atoms with Crippen molar-refractivity contribution in [3.8, 4) is 0 Å². The summed E-state index contributed by atoms with van der Waals surface area (Å²) < 4.78 is 30.9. The minimum absolute atomic E-state index is 0.0903. The molecule has 0 aromatic rings. The Morgan fingerprint density at radius 3 is 1.62 bits per heavy atom. The van der Waals surface area contributed by atoms with Gasteiger partial charge in [0.1, 0.15) is 8.07 Å². The summed E-state index contributed by atoms with van der Waals surface area (Å²) in [4.78, 5) is 0. The molecule has 78 valence electrons. The van der Waals surface area contributed by atoms with E-state index in [-0.39, 0.29) is 4.53 Å². The molecule has 0 bridgehead atoms. The summed E-state index contributed by atoms with van der Waals surface area (Å²) in [7, 11) is -6.02. The molecule has 0 unspecified atom stereocenters. The maximum Gasteiger partial charge on any atom is 0.286 e. The minimum Gasteiger partial charge on any atom is -0.282 e. The molecule has 0 aliphatic carbocycles. The lowest BCUT2D eigenvalue weighted by Crippen LogP contribution is -2.37. The predicted octanol–water partition coefficient (Wildman–Crippen LogP) is 2.44. The Bertz CT molecular complexity index is 269. The lowest BCUT2D eigenvalue weighted by molar-refractivity contribution is 0.493. The first-order valence-electron chi connectivity index (χ1n) is 4.51. The lowest BCUT2D eigenvalue weighted by atomic mass is 10.9. The van der Waals surface area contributed by atoms with E-state index in [0.717, 1.165) is 18.1 Å². The van der Waals surface area contributed by atoms with E-state index in [1.54, 1.807) is 0 Å². The highest BCUT2D eigenvalue weighted by molar-refractivity contribution is 7.92. The van der Waals surface area contributed by atoms with Gasteiger partial charge in [-0.05, 0) is 0 Å². The molecule has 0 aromatic carbocycles. The van der Waals surface area contributed by atoms with Crippen LogP contribution in [0.2, 0.25) is 18.1 Å². The molecule has 0 saturated carbocycles. The number of hydrogen-bond donors (Lipinski definition) is 1. The van der Waals surface area contributed by atoms with Crippen LogP contribution in [0.15, 0.2) is 11.1 Å². The van der Waals surface area contributed by atoms with Crippen LogP contribution in [0.1, 0.15) is 20.8 Å². The molecule has 1 N–H and O–H groups in total. The molecule has 0 atom stereocenters. The molecule has 0 amide bonds. The van der Waals surface area contributed by atoms with Gasteiger partial charge in [0, 0.05) is 4.53 Å². The first-order chi connectivity index (χ1) is 5.84.